The van der Waals surface area contributed by atoms with E-state index in [4.69, 9.17) is 0 Å². The Bertz CT molecular complexity index is 404. The van der Waals surface area contributed by atoms with E-state index in [0.717, 1.165) is 38.5 Å². The Balaban J connectivity index is 1.82. The molecule has 2 amide bonds. The summed E-state index contributed by atoms with van der Waals surface area (Å²) in [5.41, 5.74) is 4.91. The summed E-state index contributed by atoms with van der Waals surface area (Å²) in [6.45, 7) is 0. The molecule has 0 aromatic heterocycles. The van der Waals surface area contributed by atoms with E-state index < -0.39 is 17.8 Å². The van der Waals surface area contributed by atoms with Crippen LogP contribution >= 0.6 is 0 Å². The highest BCUT2D eigenvalue weighted by Gasteiger charge is 2.36. The summed E-state index contributed by atoms with van der Waals surface area (Å²) in [5, 5.41) is 9.17. The van der Waals surface area contributed by atoms with Crippen molar-refractivity contribution in [3.8, 4) is 0 Å². The van der Waals surface area contributed by atoms with E-state index in [1.54, 1.807) is 0 Å². The Labute approximate surface area is 124 Å². The number of nitrogens with one attached hydrogen (secondary N) is 2. The molecule has 6 heteroatoms. The van der Waals surface area contributed by atoms with Gasteiger partial charge in [0.05, 0.1) is 11.8 Å². The molecule has 0 spiro atoms. The number of aliphatic carboxylic acids is 1. The first-order valence-electron chi connectivity index (χ1n) is 7.92. The Hall–Kier alpha value is -1.59. The summed E-state index contributed by atoms with van der Waals surface area (Å²) in [4.78, 5) is 35.3. The Kier molecular flexibility index (Phi) is 5.59. The van der Waals surface area contributed by atoms with Crippen LogP contribution in [0.2, 0.25) is 0 Å². The van der Waals surface area contributed by atoms with Crippen molar-refractivity contribution in [2.45, 2.75) is 57.8 Å². The van der Waals surface area contributed by atoms with Gasteiger partial charge in [-0.15, -0.1) is 0 Å². The standard InChI is InChI=1S/C15H24N2O4/c18-13(10-6-2-1-3-7-10)16-17-14(19)11-8-4-5-9-12(11)15(20)21/h10-12H,1-9H2,(H,16,18)(H,17,19)(H,20,21)/t11-,12+/m0/s1. The van der Waals surface area contributed by atoms with Gasteiger partial charge in [-0.1, -0.05) is 32.1 Å². The number of carboxylic acids is 1. The van der Waals surface area contributed by atoms with E-state index in [1.807, 2.05) is 0 Å². The molecule has 6 nitrogen and oxygen atoms in total. The number of amides is 2. The van der Waals surface area contributed by atoms with Crippen LogP contribution in [0.4, 0.5) is 0 Å². The first kappa shape index (κ1) is 15.8. The number of carbonyl (C=O) groups is 3. The van der Waals surface area contributed by atoms with Crippen molar-refractivity contribution in [2.24, 2.45) is 17.8 Å². The first-order valence-corrected chi connectivity index (χ1v) is 7.92. The SMILES string of the molecule is O=C(NNC(=O)[C@H]1CCCC[C@H]1C(=O)O)C1CCCCC1. The van der Waals surface area contributed by atoms with Gasteiger partial charge in [0.2, 0.25) is 11.8 Å². The molecule has 0 unspecified atom stereocenters. The highest BCUT2D eigenvalue weighted by Crippen LogP contribution is 2.30. The third-order valence-corrected chi connectivity index (χ3v) is 4.70. The average Bonchev–Trinajstić information content (AvgIpc) is 2.53. The summed E-state index contributed by atoms with van der Waals surface area (Å²) in [7, 11) is 0. The van der Waals surface area contributed by atoms with Crippen LogP contribution in [0, 0.1) is 17.8 Å². The van der Waals surface area contributed by atoms with E-state index in [9.17, 15) is 19.5 Å². The van der Waals surface area contributed by atoms with Gasteiger partial charge in [0.25, 0.3) is 0 Å². The lowest BCUT2D eigenvalue weighted by atomic mass is 9.79. The van der Waals surface area contributed by atoms with Crippen LogP contribution in [-0.4, -0.2) is 22.9 Å². The normalized spacial score (nSPS) is 26.9. The highest BCUT2D eigenvalue weighted by molar-refractivity contribution is 5.87. The zero-order valence-electron chi connectivity index (χ0n) is 12.3. The smallest absolute Gasteiger partial charge is 0.307 e. The van der Waals surface area contributed by atoms with Gasteiger partial charge in [-0.2, -0.15) is 0 Å². The second-order valence-electron chi connectivity index (χ2n) is 6.15. The maximum atomic E-state index is 12.1. The molecule has 2 saturated carbocycles. The number of rotatable bonds is 3. The summed E-state index contributed by atoms with van der Waals surface area (Å²) < 4.78 is 0. The number of carboxylic acid groups (broad SMARTS) is 1. The minimum Gasteiger partial charge on any atom is -0.481 e. The number of hydrazine groups is 1. The Morgan fingerprint density at radius 2 is 1.24 bits per heavy atom. The van der Waals surface area contributed by atoms with Crippen LogP contribution in [0.3, 0.4) is 0 Å². The van der Waals surface area contributed by atoms with Crippen LogP contribution in [-0.2, 0) is 14.4 Å². The molecular weight excluding hydrogens is 272 g/mol. The lowest BCUT2D eigenvalue weighted by Gasteiger charge is -2.28. The number of hydrogen-bond donors (Lipinski definition) is 3. The van der Waals surface area contributed by atoms with Gasteiger partial charge in [0, 0.05) is 5.92 Å². The molecule has 0 aliphatic heterocycles. The largest absolute Gasteiger partial charge is 0.481 e. The monoisotopic (exact) mass is 296 g/mol. The van der Waals surface area contributed by atoms with Gasteiger partial charge < -0.3 is 5.11 Å². The minimum atomic E-state index is -0.923. The predicted molar refractivity (Wildman–Crippen MR) is 75.9 cm³/mol. The minimum absolute atomic E-state index is 0.0272. The van der Waals surface area contributed by atoms with E-state index in [1.165, 1.54) is 6.42 Å². The zero-order valence-corrected chi connectivity index (χ0v) is 12.3. The molecule has 2 fully saturated rings. The second kappa shape index (κ2) is 7.43. The van der Waals surface area contributed by atoms with Crippen molar-refractivity contribution in [3.05, 3.63) is 0 Å². The second-order valence-corrected chi connectivity index (χ2v) is 6.15. The summed E-state index contributed by atoms with van der Waals surface area (Å²) in [6.07, 6.45) is 7.80. The summed E-state index contributed by atoms with van der Waals surface area (Å²) >= 11 is 0. The molecule has 0 bridgehead atoms. The lowest BCUT2D eigenvalue weighted by Crippen LogP contribution is -2.49. The van der Waals surface area contributed by atoms with Gasteiger partial charge in [-0.05, 0) is 25.7 Å². The average molecular weight is 296 g/mol. The highest BCUT2D eigenvalue weighted by atomic mass is 16.4. The molecule has 2 aliphatic rings. The van der Waals surface area contributed by atoms with Gasteiger partial charge in [0.1, 0.15) is 0 Å². The van der Waals surface area contributed by atoms with Gasteiger partial charge in [0.15, 0.2) is 0 Å². The van der Waals surface area contributed by atoms with E-state index in [0.29, 0.717) is 12.8 Å². The Morgan fingerprint density at radius 1 is 0.714 bits per heavy atom. The lowest BCUT2D eigenvalue weighted by molar-refractivity contribution is -0.149. The predicted octanol–water partition coefficient (Wildman–Crippen LogP) is 1.61. The molecule has 0 aromatic carbocycles. The molecule has 2 aliphatic carbocycles. The quantitative estimate of drug-likeness (QED) is 0.689. The van der Waals surface area contributed by atoms with Crippen LogP contribution in [0.25, 0.3) is 0 Å². The van der Waals surface area contributed by atoms with Crippen LogP contribution in [0.1, 0.15) is 57.8 Å². The maximum Gasteiger partial charge on any atom is 0.307 e. The molecule has 0 saturated heterocycles. The summed E-state index contributed by atoms with van der Waals surface area (Å²) in [6, 6.07) is 0. The topological polar surface area (TPSA) is 95.5 Å². The molecule has 2 rings (SSSR count). The molecule has 0 radical (unpaired) electrons. The van der Waals surface area contributed by atoms with Crippen molar-refractivity contribution in [3.63, 3.8) is 0 Å². The van der Waals surface area contributed by atoms with E-state index >= 15 is 0 Å². The van der Waals surface area contributed by atoms with Gasteiger partial charge in [-0.25, -0.2) is 0 Å². The maximum absolute atomic E-state index is 12.1. The first-order chi connectivity index (χ1) is 10.1. The zero-order chi connectivity index (χ0) is 15.2. The van der Waals surface area contributed by atoms with Crippen LogP contribution < -0.4 is 10.9 Å². The number of hydrogen-bond acceptors (Lipinski definition) is 3. The van der Waals surface area contributed by atoms with Crippen LogP contribution in [0.15, 0.2) is 0 Å². The fourth-order valence-corrected chi connectivity index (χ4v) is 3.42. The molecule has 2 atom stereocenters. The molecule has 21 heavy (non-hydrogen) atoms. The Morgan fingerprint density at radius 3 is 1.86 bits per heavy atom. The third-order valence-electron chi connectivity index (χ3n) is 4.70. The molecule has 3 N–H and O–H groups in total. The molecule has 0 aromatic rings. The van der Waals surface area contributed by atoms with Crippen molar-refractivity contribution >= 4 is 17.8 Å². The molecular formula is C15H24N2O4. The van der Waals surface area contributed by atoms with Crippen molar-refractivity contribution in [2.75, 3.05) is 0 Å². The van der Waals surface area contributed by atoms with Crippen molar-refractivity contribution in [1.29, 1.82) is 0 Å². The van der Waals surface area contributed by atoms with Crippen LogP contribution in [0.5, 0.6) is 0 Å². The van der Waals surface area contributed by atoms with Gasteiger partial charge >= 0.3 is 5.97 Å². The molecule has 0 heterocycles. The van der Waals surface area contributed by atoms with Crippen molar-refractivity contribution < 1.29 is 19.5 Å². The summed E-state index contributed by atoms with van der Waals surface area (Å²) in [5.74, 6) is -2.64. The van der Waals surface area contributed by atoms with E-state index in [-0.39, 0.29) is 17.7 Å². The molecule has 118 valence electrons. The fourth-order valence-electron chi connectivity index (χ4n) is 3.42. The van der Waals surface area contributed by atoms with Gasteiger partial charge in [-0.3, -0.25) is 25.2 Å². The van der Waals surface area contributed by atoms with Crippen molar-refractivity contribution in [1.82, 2.24) is 10.9 Å². The van der Waals surface area contributed by atoms with E-state index in [2.05, 4.69) is 10.9 Å². The fraction of sp³-hybridized carbons (Fsp3) is 0.800. The number of carbonyl (C=O) groups excluding carboxylic acids is 2. The third kappa shape index (κ3) is 4.19.